The van der Waals surface area contributed by atoms with E-state index < -0.39 is 0 Å². The Morgan fingerprint density at radius 2 is 2.11 bits per heavy atom. The van der Waals surface area contributed by atoms with Gasteiger partial charge in [0.25, 0.3) is 0 Å². The van der Waals surface area contributed by atoms with Gasteiger partial charge in [0, 0.05) is 33.0 Å². The van der Waals surface area contributed by atoms with Crippen molar-refractivity contribution in [3.63, 3.8) is 0 Å². The molecule has 7 nitrogen and oxygen atoms in total. The van der Waals surface area contributed by atoms with Gasteiger partial charge in [-0.15, -0.1) is 0 Å². The van der Waals surface area contributed by atoms with Gasteiger partial charge in [-0.2, -0.15) is 15.0 Å². The van der Waals surface area contributed by atoms with Gasteiger partial charge in [-0.1, -0.05) is 6.92 Å². The molecule has 2 aromatic heterocycles. The maximum Gasteiger partial charge on any atom is 0.241 e. The highest BCUT2D eigenvalue weighted by Gasteiger charge is 2.08. The average Bonchev–Trinajstić information content (AvgIpc) is 2.89. The zero-order valence-electron chi connectivity index (χ0n) is 10.8. The molecule has 0 fully saturated rings. The Morgan fingerprint density at radius 3 is 2.72 bits per heavy atom. The van der Waals surface area contributed by atoms with Crippen molar-refractivity contribution >= 4 is 11.9 Å². The second kappa shape index (κ2) is 5.44. The summed E-state index contributed by atoms with van der Waals surface area (Å²) >= 11 is 0. The van der Waals surface area contributed by atoms with Gasteiger partial charge in [0.05, 0.1) is 0 Å². The summed E-state index contributed by atoms with van der Waals surface area (Å²) in [6.45, 7) is 2.93. The molecule has 0 aliphatic rings. The van der Waals surface area contributed by atoms with E-state index in [1.165, 1.54) is 0 Å². The monoisotopic (exact) mass is 247 g/mol. The van der Waals surface area contributed by atoms with Crippen molar-refractivity contribution in [2.45, 2.75) is 13.3 Å². The van der Waals surface area contributed by atoms with Crippen LogP contribution in [0, 0.1) is 0 Å². The lowest BCUT2D eigenvalue weighted by Crippen LogP contribution is -2.17. The minimum Gasteiger partial charge on any atom is -0.354 e. The zero-order chi connectivity index (χ0) is 13.0. The normalized spacial score (nSPS) is 10.4. The molecule has 2 rings (SSSR count). The average molecular weight is 247 g/mol. The van der Waals surface area contributed by atoms with Gasteiger partial charge < -0.3 is 10.2 Å². The van der Waals surface area contributed by atoms with Crippen molar-refractivity contribution in [2.75, 3.05) is 30.9 Å². The number of imidazole rings is 1. The number of anilines is 2. The van der Waals surface area contributed by atoms with E-state index in [2.05, 4.69) is 32.2 Å². The lowest BCUT2D eigenvalue weighted by molar-refractivity contribution is 0.859. The van der Waals surface area contributed by atoms with Crippen molar-refractivity contribution in [1.82, 2.24) is 24.5 Å². The summed E-state index contributed by atoms with van der Waals surface area (Å²) in [5.41, 5.74) is 0. The van der Waals surface area contributed by atoms with E-state index in [1.807, 2.05) is 19.0 Å². The molecule has 1 N–H and O–H groups in total. The molecule has 0 bridgehead atoms. The lowest BCUT2D eigenvalue weighted by atomic mass is 10.5. The Labute approximate surface area is 106 Å². The van der Waals surface area contributed by atoms with Gasteiger partial charge in [0.2, 0.25) is 17.8 Å². The maximum absolute atomic E-state index is 4.37. The van der Waals surface area contributed by atoms with E-state index in [0.717, 1.165) is 13.0 Å². The molecule has 2 aromatic rings. The molecule has 2 heterocycles. The molecule has 0 saturated heterocycles. The molecular formula is C11H17N7. The molecule has 0 spiro atoms. The highest BCUT2D eigenvalue weighted by Crippen LogP contribution is 2.11. The van der Waals surface area contributed by atoms with E-state index in [-0.39, 0.29) is 0 Å². The fraction of sp³-hybridized carbons (Fsp3) is 0.455. The van der Waals surface area contributed by atoms with Crippen LogP contribution in [0.15, 0.2) is 18.7 Å². The third-order valence-corrected chi connectivity index (χ3v) is 2.28. The van der Waals surface area contributed by atoms with Crippen LogP contribution >= 0.6 is 0 Å². The fourth-order valence-corrected chi connectivity index (χ4v) is 1.36. The van der Waals surface area contributed by atoms with Gasteiger partial charge in [-0.25, -0.2) is 4.98 Å². The quantitative estimate of drug-likeness (QED) is 0.848. The van der Waals surface area contributed by atoms with Crippen molar-refractivity contribution in [2.24, 2.45) is 0 Å². The molecule has 0 radical (unpaired) electrons. The van der Waals surface area contributed by atoms with Crippen LogP contribution in [0.1, 0.15) is 13.3 Å². The van der Waals surface area contributed by atoms with Gasteiger partial charge in [-0.05, 0) is 6.42 Å². The van der Waals surface area contributed by atoms with E-state index in [9.17, 15) is 0 Å². The summed E-state index contributed by atoms with van der Waals surface area (Å²) in [6.07, 6.45) is 6.18. The minimum atomic E-state index is 0.560. The first kappa shape index (κ1) is 12.3. The number of hydrogen-bond donors (Lipinski definition) is 1. The highest BCUT2D eigenvalue weighted by molar-refractivity contribution is 5.38. The molecule has 0 atom stereocenters. The van der Waals surface area contributed by atoms with E-state index in [1.54, 1.807) is 23.3 Å². The van der Waals surface area contributed by atoms with Gasteiger partial charge >= 0.3 is 0 Å². The van der Waals surface area contributed by atoms with Crippen LogP contribution in [0.5, 0.6) is 0 Å². The predicted octanol–water partition coefficient (Wildman–Crippen LogP) is 0.945. The number of nitrogens with zero attached hydrogens (tertiary/aromatic N) is 6. The van der Waals surface area contributed by atoms with E-state index in [4.69, 9.17) is 0 Å². The lowest BCUT2D eigenvalue weighted by Gasteiger charge is -2.13. The van der Waals surface area contributed by atoms with Crippen molar-refractivity contribution < 1.29 is 0 Å². The van der Waals surface area contributed by atoms with Gasteiger partial charge in [-0.3, -0.25) is 4.57 Å². The first-order chi connectivity index (χ1) is 8.70. The molecule has 0 amide bonds. The summed E-state index contributed by atoms with van der Waals surface area (Å²) < 4.78 is 1.76. The maximum atomic E-state index is 4.37. The smallest absolute Gasteiger partial charge is 0.241 e. The molecule has 96 valence electrons. The first-order valence-corrected chi connectivity index (χ1v) is 5.86. The number of aromatic nitrogens is 5. The van der Waals surface area contributed by atoms with Crippen LogP contribution in [0.3, 0.4) is 0 Å². The summed E-state index contributed by atoms with van der Waals surface area (Å²) in [6, 6.07) is 0. The van der Waals surface area contributed by atoms with Crippen LogP contribution < -0.4 is 10.2 Å². The summed E-state index contributed by atoms with van der Waals surface area (Å²) in [7, 11) is 3.80. The van der Waals surface area contributed by atoms with Crippen molar-refractivity contribution in [1.29, 1.82) is 0 Å². The Bertz CT molecular complexity index is 492. The molecular weight excluding hydrogens is 230 g/mol. The second-order valence-electron chi connectivity index (χ2n) is 4.05. The molecule has 0 aromatic carbocycles. The second-order valence-corrected chi connectivity index (χ2v) is 4.05. The molecule has 0 saturated carbocycles. The molecule has 18 heavy (non-hydrogen) atoms. The van der Waals surface area contributed by atoms with Crippen LogP contribution in [-0.2, 0) is 0 Å². The third kappa shape index (κ3) is 2.73. The van der Waals surface area contributed by atoms with Crippen LogP contribution in [0.2, 0.25) is 0 Å². The summed E-state index contributed by atoms with van der Waals surface area (Å²) in [5.74, 6) is 1.76. The Morgan fingerprint density at radius 1 is 1.28 bits per heavy atom. The topological polar surface area (TPSA) is 71.8 Å². The Hall–Kier alpha value is -2.18. The fourth-order valence-electron chi connectivity index (χ4n) is 1.36. The van der Waals surface area contributed by atoms with Crippen LogP contribution in [0.25, 0.3) is 5.95 Å². The Kier molecular flexibility index (Phi) is 3.71. The van der Waals surface area contributed by atoms with Crippen molar-refractivity contribution in [3.05, 3.63) is 18.7 Å². The van der Waals surface area contributed by atoms with E-state index in [0.29, 0.717) is 17.8 Å². The van der Waals surface area contributed by atoms with E-state index >= 15 is 0 Å². The zero-order valence-corrected chi connectivity index (χ0v) is 10.8. The summed E-state index contributed by atoms with van der Waals surface area (Å²) in [4.78, 5) is 18.9. The standard InChI is InChI=1S/C11H17N7/c1-4-5-13-9-14-10(17(2)3)16-11(15-9)18-7-6-12-8-18/h6-8H,4-5H2,1-3H3,(H,13,14,15,16). The number of nitrogens with one attached hydrogen (secondary N) is 1. The largest absolute Gasteiger partial charge is 0.354 e. The minimum absolute atomic E-state index is 0.560. The van der Waals surface area contributed by atoms with Crippen molar-refractivity contribution in [3.8, 4) is 5.95 Å². The van der Waals surface area contributed by atoms with Gasteiger partial charge in [0.1, 0.15) is 6.33 Å². The number of rotatable bonds is 5. The van der Waals surface area contributed by atoms with Crippen LogP contribution in [0.4, 0.5) is 11.9 Å². The molecule has 7 heteroatoms. The third-order valence-electron chi connectivity index (χ3n) is 2.28. The highest BCUT2D eigenvalue weighted by atomic mass is 15.3. The van der Waals surface area contributed by atoms with Gasteiger partial charge in [0.15, 0.2) is 0 Å². The first-order valence-electron chi connectivity index (χ1n) is 5.86. The molecule has 0 unspecified atom stereocenters. The molecule has 0 aliphatic heterocycles. The SMILES string of the molecule is CCCNc1nc(N(C)C)nc(-n2ccnc2)n1. The Balaban J connectivity index is 2.36. The molecule has 0 aliphatic carbocycles. The van der Waals surface area contributed by atoms with Crippen LogP contribution in [-0.4, -0.2) is 45.1 Å². The predicted molar refractivity (Wildman–Crippen MR) is 70.1 cm³/mol. The number of hydrogen-bond acceptors (Lipinski definition) is 6. The summed E-state index contributed by atoms with van der Waals surface area (Å²) in [5, 5.41) is 3.17.